The van der Waals surface area contributed by atoms with Gasteiger partial charge < -0.3 is 14.5 Å². The summed E-state index contributed by atoms with van der Waals surface area (Å²) in [6, 6.07) is 0.720. The van der Waals surface area contributed by atoms with Gasteiger partial charge in [-0.3, -0.25) is 0 Å². The molecule has 0 aromatic carbocycles. The van der Waals surface area contributed by atoms with E-state index in [1.807, 2.05) is 12.4 Å². The molecule has 2 aromatic heterocycles. The monoisotopic (exact) mass is 301 g/mol. The number of hydrogen-bond acceptors (Lipinski definition) is 3. The Kier molecular flexibility index (Phi) is 4.93. The van der Waals surface area contributed by atoms with Crippen molar-refractivity contribution in [3.05, 3.63) is 24.4 Å². The van der Waals surface area contributed by atoms with Crippen LogP contribution in [0.1, 0.15) is 44.9 Å². The standard InChI is InChI=1S/C17H27N5/c1-3-4-7-16-19-13-15(20-16)17-18-9-12-22(17)11-8-14-6-5-10-21(14)2/h9,12-14H,3-8,10-11H2,1-2H3,(H,19,20)/t14-/m0/s1. The summed E-state index contributed by atoms with van der Waals surface area (Å²) in [6.45, 7) is 4.47. The fraction of sp³-hybridized carbons (Fsp3) is 0.647. The molecule has 1 saturated heterocycles. The maximum atomic E-state index is 4.52. The molecule has 1 aliphatic heterocycles. The second-order valence-electron chi connectivity index (χ2n) is 6.36. The number of nitrogens with one attached hydrogen (secondary N) is 1. The Labute approximate surface area is 132 Å². The Hall–Kier alpha value is -1.62. The van der Waals surface area contributed by atoms with Crippen LogP contribution in [-0.4, -0.2) is 44.1 Å². The van der Waals surface area contributed by atoms with Crippen molar-refractivity contribution in [1.29, 1.82) is 0 Å². The zero-order chi connectivity index (χ0) is 15.4. The van der Waals surface area contributed by atoms with E-state index >= 15 is 0 Å². The molecule has 0 amide bonds. The van der Waals surface area contributed by atoms with Crippen molar-refractivity contribution in [2.45, 2.75) is 58.0 Å². The largest absolute Gasteiger partial charge is 0.339 e. The Morgan fingerprint density at radius 3 is 3.05 bits per heavy atom. The van der Waals surface area contributed by atoms with Gasteiger partial charge in [-0.1, -0.05) is 13.3 Å². The summed E-state index contributed by atoms with van der Waals surface area (Å²) >= 11 is 0. The molecule has 5 heteroatoms. The van der Waals surface area contributed by atoms with E-state index in [4.69, 9.17) is 0 Å². The predicted octanol–water partition coefficient (Wildman–Crippen LogP) is 3.10. The zero-order valence-electron chi connectivity index (χ0n) is 13.8. The third-order valence-electron chi connectivity index (χ3n) is 4.73. The van der Waals surface area contributed by atoms with Gasteiger partial charge in [-0.2, -0.15) is 0 Å². The van der Waals surface area contributed by atoms with Crippen LogP contribution in [0, 0.1) is 0 Å². The van der Waals surface area contributed by atoms with E-state index in [0.29, 0.717) is 0 Å². The number of likely N-dealkylation sites (tertiary alicyclic amines) is 1. The van der Waals surface area contributed by atoms with Crippen molar-refractivity contribution < 1.29 is 0 Å². The van der Waals surface area contributed by atoms with E-state index < -0.39 is 0 Å². The van der Waals surface area contributed by atoms with Crippen LogP contribution in [0.5, 0.6) is 0 Å². The summed E-state index contributed by atoms with van der Waals surface area (Å²) in [5.74, 6) is 2.08. The number of nitrogens with zero attached hydrogens (tertiary/aromatic N) is 4. The van der Waals surface area contributed by atoms with E-state index in [2.05, 4.69) is 44.6 Å². The fourth-order valence-corrected chi connectivity index (χ4v) is 3.31. The van der Waals surface area contributed by atoms with Crippen LogP contribution in [0.15, 0.2) is 18.6 Å². The number of aromatic amines is 1. The molecule has 2 aromatic rings. The number of H-pyrrole nitrogens is 1. The maximum absolute atomic E-state index is 4.52. The highest BCUT2D eigenvalue weighted by Gasteiger charge is 2.20. The number of unbranched alkanes of at least 4 members (excludes halogenated alkanes) is 1. The van der Waals surface area contributed by atoms with Gasteiger partial charge in [0, 0.05) is 31.4 Å². The number of rotatable bonds is 7. The Bertz CT molecular complexity index is 585. The van der Waals surface area contributed by atoms with Gasteiger partial charge in [-0.25, -0.2) is 9.97 Å². The van der Waals surface area contributed by atoms with Crippen LogP contribution in [-0.2, 0) is 13.0 Å². The van der Waals surface area contributed by atoms with E-state index in [1.54, 1.807) is 0 Å². The van der Waals surface area contributed by atoms with Gasteiger partial charge in [0.25, 0.3) is 0 Å². The smallest absolute Gasteiger partial charge is 0.158 e. The van der Waals surface area contributed by atoms with Crippen molar-refractivity contribution in [1.82, 2.24) is 24.4 Å². The summed E-state index contributed by atoms with van der Waals surface area (Å²) < 4.78 is 2.25. The van der Waals surface area contributed by atoms with Crippen molar-refractivity contribution in [3.63, 3.8) is 0 Å². The molecule has 120 valence electrons. The molecule has 1 fully saturated rings. The average Bonchev–Trinajstić information content (AvgIpc) is 3.23. The minimum atomic E-state index is 0.720. The molecular formula is C17H27N5. The van der Waals surface area contributed by atoms with Gasteiger partial charge in [0.2, 0.25) is 0 Å². The van der Waals surface area contributed by atoms with Gasteiger partial charge in [0.1, 0.15) is 11.5 Å². The highest BCUT2D eigenvalue weighted by Crippen LogP contribution is 2.21. The highest BCUT2D eigenvalue weighted by atomic mass is 15.2. The Morgan fingerprint density at radius 1 is 1.36 bits per heavy atom. The summed E-state index contributed by atoms with van der Waals surface area (Å²) in [5.41, 5.74) is 1.04. The van der Waals surface area contributed by atoms with Crippen LogP contribution in [0.4, 0.5) is 0 Å². The normalized spacial score (nSPS) is 19.1. The summed E-state index contributed by atoms with van der Waals surface area (Å²) in [6.07, 6.45) is 13.1. The summed E-state index contributed by atoms with van der Waals surface area (Å²) in [7, 11) is 2.24. The van der Waals surface area contributed by atoms with Crippen LogP contribution >= 0.6 is 0 Å². The highest BCUT2D eigenvalue weighted by molar-refractivity contribution is 5.48. The minimum Gasteiger partial charge on any atom is -0.339 e. The fourth-order valence-electron chi connectivity index (χ4n) is 3.31. The molecule has 0 radical (unpaired) electrons. The summed E-state index contributed by atoms with van der Waals surface area (Å²) in [5, 5.41) is 0. The van der Waals surface area contributed by atoms with Gasteiger partial charge in [0.15, 0.2) is 5.82 Å². The van der Waals surface area contributed by atoms with Crippen LogP contribution in [0.3, 0.4) is 0 Å². The quantitative estimate of drug-likeness (QED) is 0.855. The number of imidazole rings is 2. The van der Waals surface area contributed by atoms with Crippen molar-refractivity contribution in [2.75, 3.05) is 13.6 Å². The van der Waals surface area contributed by atoms with Gasteiger partial charge in [-0.05, 0) is 39.3 Å². The second kappa shape index (κ2) is 7.09. The van der Waals surface area contributed by atoms with E-state index in [-0.39, 0.29) is 0 Å². The first-order chi connectivity index (χ1) is 10.8. The topological polar surface area (TPSA) is 49.7 Å². The number of aryl methyl sites for hydroxylation is 2. The van der Waals surface area contributed by atoms with E-state index in [1.165, 1.54) is 38.6 Å². The zero-order valence-corrected chi connectivity index (χ0v) is 13.8. The molecule has 1 aliphatic rings. The second-order valence-corrected chi connectivity index (χ2v) is 6.36. The van der Waals surface area contributed by atoms with E-state index in [0.717, 1.165) is 36.4 Å². The van der Waals surface area contributed by atoms with Gasteiger partial charge >= 0.3 is 0 Å². The van der Waals surface area contributed by atoms with Crippen molar-refractivity contribution in [2.24, 2.45) is 0 Å². The molecule has 0 bridgehead atoms. The lowest BCUT2D eigenvalue weighted by molar-refractivity contribution is 0.286. The predicted molar refractivity (Wildman–Crippen MR) is 88.7 cm³/mol. The minimum absolute atomic E-state index is 0.720. The molecule has 0 saturated carbocycles. The molecule has 0 spiro atoms. The molecule has 1 atom stereocenters. The summed E-state index contributed by atoms with van der Waals surface area (Å²) in [4.78, 5) is 14.9. The Morgan fingerprint density at radius 2 is 2.27 bits per heavy atom. The molecule has 1 N–H and O–H groups in total. The van der Waals surface area contributed by atoms with Crippen molar-refractivity contribution >= 4 is 0 Å². The SMILES string of the molecule is CCCCc1ncc(-c2nccn2CC[C@@H]2CCCN2C)[nH]1. The third-order valence-corrected chi connectivity index (χ3v) is 4.73. The van der Waals surface area contributed by atoms with Crippen LogP contribution < -0.4 is 0 Å². The van der Waals surface area contributed by atoms with Crippen LogP contribution in [0.2, 0.25) is 0 Å². The molecule has 0 aliphatic carbocycles. The average molecular weight is 301 g/mol. The number of aromatic nitrogens is 4. The lowest BCUT2D eigenvalue weighted by Crippen LogP contribution is -2.26. The molecular weight excluding hydrogens is 274 g/mol. The first-order valence-electron chi connectivity index (χ1n) is 8.53. The van der Waals surface area contributed by atoms with Crippen molar-refractivity contribution in [3.8, 4) is 11.5 Å². The Balaban J connectivity index is 1.65. The van der Waals surface area contributed by atoms with Gasteiger partial charge in [-0.15, -0.1) is 0 Å². The lowest BCUT2D eigenvalue weighted by Gasteiger charge is -2.19. The first-order valence-corrected chi connectivity index (χ1v) is 8.53. The number of hydrogen-bond donors (Lipinski definition) is 1. The molecule has 3 rings (SSSR count). The van der Waals surface area contributed by atoms with E-state index in [9.17, 15) is 0 Å². The molecule has 0 unspecified atom stereocenters. The first kappa shape index (κ1) is 15.3. The van der Waals surface area contributed by atoms with Crippen LogP contribution in [0.25, 0.3) is 11.5 Å². The molecule has 22 heavy (non-hydrogen) atoms. The molecule has 5 nitrogen and oxygen atoms in total. The maximum Gasteiger partial charge on any atom is 0.158 e. The van der Waals surface area contributed by atoms with Gasteiger partial charge in [0.05, 0.1) is 6.20 Å². The third kappa shape index (κ3) is 3.40. The molecule has 3 heterocycles. The lowest BCUT2D eigenvalue weighted by atomic mass is 10.1.